The third-order valence-electron chi connectivity index (χ3n) is 1.54. The minimum atomic E-state index is -2.16. The molecule has 0 bridgehead atoms. The lowest BCUT2D eigenvalue weighted by Gasteiger charge is -2.08. The van der Waals surface area contributed by atoms with Crippen LogP contribution in [0.2, 0.25) is 0 Å². The highest BCUT2D eigenvalue weighted by atomic mass is 32.2. The highest BCUT2D eigenvalue weighted by Gasteiger charge is 2.00. The van der Waals surface area contributed by atoms with Crippen molar-refractivity contribution in [2.45, 2.75) is 0 Å². The zero-order valence-electron chi connectivity index (χ0n) is 7.23. The number of hydrogen-bond acceptors (Lipinski definition) is 4. The predicted molar refractivity (Wildman–Crippen MR) is 52.4 cm³/mol. The molecule has 3 N–H and O–H groups in total. The lowest BCUT2D eigenvalue weighted by atomic mass is 10.2. The molecular weight excluding hydrogens is 204 g/mol. The Morgan fingerprint density at radius 3 is 2.86 bits per heavy atom. The van der Waals surface area contributed by atoms with E-state index in [1.807, 2.05) is 0 Å². The van der Waals surface area contributed by atoms with Crippen LogP contribution >= 0.6 is 0 Å². The maximum Gasteiger partial charge on any atom is 0.248 e. The molecule has 1 amide bonds. The van der Waals surface area contributed by atoms with Crippen LogP contribution in [0.1, 0.15) is 10.4 Å². The first-order chi connectivity index (χ1) is 6.59. The summed E-state index contributed by atoms with van der Waals surface area (Å²) in [5.41, 5.74) is 5.94. The molecule has 0 spiro atoms. The fraction of sp³-hybridized carbons (Fsp3) is 0.125. The largest absolute Gasteiger partial charge is 0.771 e. The van der Waals surface area contributed by atoms with Crippen molar-refractivity contribution in [1.29, 1.82) is 0 Å². The van der Waals surface area contributed by atoms with Crippen molar-refractivity contribution in [1.82, 2.24) is 0 Å². The van der Waals surface area contributed by atoms with E-state index in [4.69, 9.17) is 5.73 Å². The van der Waals surface area contributed by atoms with Gasteiger partial charge in [-0.1, -0.05) is 6.07 Å². The van der Waals surface area contributed by atoms with Gasteiger partial charge in [0.1, 0.15) is 0 Å². The average Bonchev–Trinajstić information content (AvgIpc) is 2.15. The van der Waals surface area contributed by atoms with Crippen LogP contribution in [0.25, 0.3) is 0 Å². The number of hydrogen-bond donors (Lipinski definition) is 2. The molecule has 0 saturated heterocycles. The first-order valence-electron chi connectivity index (χ1n) is 3.79. The minimum Gasteiger partial charge on any atom is -0.771 e. The molecule has 6 heteroatoms. The third-order valence-corrected chi connectivity index (χ3v) is 1.92. The quantitative estimate of drug-likeness (QED) is 0.690. The molecule has 0 fully saturated rings. The van der Waals surface area contributed by atoms with E-state index in [0.29, 0.717) is 11.3 Å². The van der Waals surface area contributed by atoms with Crippen LogP contribution in [0.4, 0.5) is 5.69 Å². The fourth-order valence-corrected chi connectivity index (χ4v) is 1.21. The van der Waals surface area contributed by atoms with Crippen molar-refractivity contribution in [3.63, 3.8) is 0 Å². The van der Waals surface area contributed by atoms with Crippen molar-refractivity contribution in [2.75, 3.05) is 11.2 Å². The molecule has 1 atom stereocenters. The maximum absolute atomic E-state index is 10.8. The van der Waals surface area contributed by atoms with Gasteiger partial charge in [0.2, 0.25) is 5.91 Å². The molecular formula is C8H9N2O3S-. The molecule has 1 rings (SSSR count). The number of carbonyl (C=O) groups excluding carboxylic acids is 1. The Balaban J connectivity index is 2.73. The number of nitrogens with two attached hydrogens (primary N) is 1. The van der Waals surface area contributed by atoms with Crippen LogP contribution in [0, 0.1) is 0 Å². The minimum absolute atomic E-state index is 0.192. The molecule has 1 unspecified atom stereocenters. The van der Waals surface area contributed by atoms with E-state index in [-0.39, 0.29) is 5.88 Å². The average molecular weight is 213 g/mol. The molecule has 0 aliphatic heterocycles. The van der Waals surface area contributed by atoms with Crippen LogP contribution in [0.15, 0.2) is 24.3 Å². The molecule has 0 saturated carbocycles. The fourth-order valence-electron chi connectivity index (χ4n) is 0.925. The second-order valence-electron chi connectivity index (χ2n) is 2.57. The Hall–Kier alpha value is -1.40. The standard InChI is InChI=1S/C8H10N2O3S/c9-8(11)6-2-1-3-7(4-6)10-5-14(12)13/h1-4,10H,5H2,(H2,9,11)(H,12,13)/p-1. The van der Waals surface area contributed by atoms with Crippen LogP contribution in [0.3, 0.4) is 0 Å². The topological polar surface area (TPSA) is 95.2 Å². The predicted octanol–water partition coefficient (Wildman–Crippen LogP) is 0.0340. The van der Waals surface area contributed by atoms with Crippen LogP contribution in [-0.4, -0.2) is 20.5 Å². The van der Waals surface area contributed by atoms with Gasteiger partial charge in [0.15, 0.2) is 0 Å². The number of carbonyl (C=O) groups is 1. The number of primary amides is 1. The molecule has 5 nitrogen and oxygen atoms in total. The third kappa shape index (κ3) is 3.15. The van der Waals surface area contributed by atoms with Crippen molar-refractivity contribution in [3.05, 3.63) is 29.8 Å². The molecule has 14 heavy (non-hydrogen) atoms. The number of benzene rings is 1. The highest BCUT2D eigenvalue weighted by molar-refractivity contribution is 7.79. The Morgan fingerprint density at radius 2 is 2.29 bits per heavy atom. The summed E-state index contributed by atoms with van der Waals surface area (Å²) in [6.07, 6.45) is 0. The maximum atomic E-state index is 10.8. The van der Waals surface area contributed by atoms with Crippen molar-refractivity contribution < 1.29 is 13.6 Å². The molecule has 1 aromatic rings. The summed E-state index contributed by atoms with van der Waals surface area (Å²) in [5, 5.41) is 2.62. The molecule has 0 aliphatic carbocycles. The summed E-state index contributed by atoms with van der Waals surface area (Å²) in [6.45, 7) is 0. The van der Waals surface area contributed by atoms with Crippen molar-refractivity contribution in [3.8, 4) is 0 Å². The Bertz CT molecular complexity index is 367. The first kappa shape index (κ1) is 10.7. The summed E-state index contributed by atoms with van der Waals surface area (Å²) in [5.74, 6) is -0.737. The van der Waals surface area contributed by atoms with Crippen molar-refractivity contribution >= 4 is 22.7 Å². The molecule has 76 valence electrons. The van der Waals surface area contributed by atoms with Crippen LogP contribution in [-0.2, 0) is 11.1 Å². The summed E-state index contributed by atoms with van der Waals surface area (Å²) in [4.78, 5) is 10.8. The molecule has 0 aromatic heterocycles. The number of rotatable bonds is 4. The number of nitrogens with one attached hydrogen (secondary N) is 1. The smallest absolute Gasteiger partial charge is 0.248 e. The lowest BCUT2D eigenvalue weighted by molar-refractivity contribution is 0.100. The van der Waals surface area contributed by atoms with Gasteiger partial charge in [0, 0.05) is 11.3 Å². The van der Waals surface area contributed by atoms with Crippen LogP contribution in [0.5, 0.6) is 0 Å². The van der Waals surface area contributed by atoms with E-state index in [0.717, 1.165) is 0 Å². The van der Waals surface area contributed by atoms with Gasteiger partial charge in [-0.05, 0) is 29.3 Å². The van der Waals surface area contributed by atoms with E-state index in [1.165, 1.54) is 6.07 Å². The van der Waals surface area contributed by atoms with E-state index in [1.54, 1.807) is 18.2 Å². The van der Waals surface area contributed by atoms with Gasteiger partial charge in [0.25, 0.3) is 0 Å². The van der Waals surface area contributed by atoms with Crippen molar-refractivity contribution in [2.24, 2.45) is 5.73 Å². The molecule has 0 radical (unpaired) electrons. The molecule has 0 heterocycles. The van der Waals surface area contributed by atoms with Gasteiger partial charge in [0.05, 0.1) is 5.88 Å². The lowest BCUT2D eigenvalue weighted by Crippen LogP contribution is -2.12. The van der Waals surface area contributed by atoms with Gasteiger partial charge in [-0.25, -0.2) is 0 Å². The van der Waals surface area contributed by atoms with Crippen LogP contribution < -0.4 is 11.1 Å². The second kappa shape index (κ2) is 4.73. The Labute approximate surface area is 83.6 Å². The SMILES string of the molecule is NC(=O)c1cccc(NCS(=O)[O-])c1. The van der Waals surface area contributed by atoms with Gasteiger partial charge in [-0.3, -0.25) is 9.00 Å². The van der Waals surface area contributed by atoms with E-state index < -0.39 is 17.0 Å². The van der Waals surface area contributed by atoms with Gasteiger partial charge >= 0.3 is 0 Å². The van der Waals surface area contributed by atoms with Gasteiger partial charge in [-0.2, -0.15) is 0 Å². The summed E-state index contributed by atoms with van der Waals surface area (Å²) in [6, 6.07) is 6.33. The Morgan fingerprint density at radius 1 is 1.57 bits per heavy atom. The summed E-state index contributed by atoms with van der Waals surface area (Å²) < 4.78 is 20.5. The number of anilines is 1. The highest BCUT2D eigenvalue weighted by Crippen LogP contribution is 2.09. The summed E-state index contributed by atoms with van der Waals surface area (Å²) >= 11 is -2.16. The zero-order valence-corrected chi connectivity index (χ0v) is 8.04. The number of amides is 1. The first-order valence-corrected chi connectivity index (χ1v) is 5.03. The zero-order chi connectivity index (χ0) is 10.6. The Kier molecular flexibility index (Phi) is 3.61. The van der Waals surface area contributed by atoms with E-state index in [9.17, 15) is 13.6 Å². The normalized spacial score (nSPS) is 12.1. The second-order valence-corrected chi connectivity index (χ2v) is 3.47. The molecule has 1 aromatic carbocycles. The molecule has 0 aliphatic rings. The van der Waals surface area contributed by atoms with Gasteiger partial charge in [-0.15, -0.1) is 0 Å². The monoisotopic (exact) mass is 213 g/mol. The van der Waals surface area contributed by atoms with Gasteiger partial charge < -0.3 is 15.6 Å². The van der Waals surface area contributed by atoms with E-state index in [2.05, 4.69) is 5.32 Å². The van der Waals surface area contributed by atoms with E-state index >= 15 is 0 Å². The summed E-state index contributed by atoms with van der Waals surface area (Å²) in [7, 11) is 0.